The zero-order valence-corrected chi connectivity index (χ0v) is 16.5. The number of imidazole rings is 2. The van der Waals surface area contributed by atoms with Crippen molar-refractivity contribution in [3.63, 3.8) is 0 Å². The van der Waals surface area contributed by atoms with Gasteiger partial charge in [0.05, 0.1) is 0 Å². The summed E-state index contributed by atoms with van der Waals surface area (Å²) in [4.78, 5) is 30.3. The third-order valence-electron chi connectivity index (χ3n) is 5.28. The van der Waals surface area contributed by atoms with Gasteiger partial charge in [0.2, 0.25) is 5.78 Å². The van der Waals surface area contributed by atoms with E-state index in [9.17, 15) is 4.79 Å². The van der Waals surface area contributed by atoms with Gasteiger partial charge in [0.25, 0.3) is 5.91 Å². The minimum absolute atomic E-state index is 0.0269. The minimum Gasteiger partial charge on any atom is -0.337 e. The smallest absolute Gasteiger partial charge is 0.274 e. The maximum absolute atomic E-state index is 13.0. The summed E-state index contributed by atoms with van der Waals surface area (Å²) in [6.07, 6.45) is 12.3. The fourth-order valence-electron chi connectivity index (χ4n) is 3.89. The highest BCUT2D eigenvalue weighted by atomic mass is 16.2. The van der Waals surface area contributed by atoms with Gasteiger partial charge < -0.3 is 14.4 Å². The van der Waals surface area contributed by atoms with Crippen LogP contribution in [0.2, 0.25) is 0 Å². The predicted molar refractivity (Wildman–Crippen MR) is 106 cm³/mol. The number of rotatable bonds is 6. The molecule has 0 aromatic carbocycles. The number of aryl methyl sites for hydroxylation is 1. The number of carbonyl (C=O) groups excluding carboxylic acids is 1. The molecule has 1 fully saturated rings. The van der Waals surface area contributed by atoms with Gasteiger partial charge >= 0.3 is 0 Å². The third-order valence-corrected chi connectivity index (χ3v) is 5.28. The van der Waals surface area contributed by atoms with Crippen molar-refractivity contribution in [2.45, 2.75) is 31.7 Å². The standard InChI is InChI=1S/C20H27N7O/c1-24(2)9-5-12-25-13-8-21-18(25)16-6-3-10-26(14-16)19(28)17-15-27-11-4-7-22-20(27)23-17/h4,7-8,11,13,15-16H,3,5-6,9-10,12,14H2,1-2H3/t16-/m1/s1. The molecule has 3 aromatic rings. The maximum atomic E-state index is 13.0. The fraction of sp³-hybridized carbons (Fsp3) is 0.500. The highest BCUT2D eigenvalue weighted by Gasteiger charge is 2.29. The molecule has 28 heavy (non-hydrogen) atoms. The molecule has 0 N–H and O–H groups in total. The first-order chi connectivity index (χ1) is 13.6. The van der Waals surface area contributed by atoms with E-state index in [1.54, 1.807) is 16.8 Å². The quantitative estimate of drug-likeness (QED) is 0.652. The van der Waals surface area contributed by atoms with E-state index in [0.717, 1.165) is 44.7 Å². The third kappa shape index (κ3) is 3.91. The molecule has 0 spiro atoms. The summed E-state index contributed by atoms with van der Waals surface area (Å²) in [6, 6.07) is 1.83. The Hall–Kier alpha value is -2.74. The fourth-order valence-corrected chi connectivity index (χ4v) is 3.89. The molecule has 0 unspecified atom stereocenters. The molecule has 1 atom stereocenters. The van der Waals surface area contributed by atoms with Crippen molar-refractivity contribution >= 4 is 11.7 Å². The SMILES string of the molecule is CN(C)CCCn1ccnc1[C@@H]1CCCN(C(=O)c2cn3cccnc3n2)C1. The van der Waals surface area contributed by atoms with Crippen LogP contribution in [0.4, 0.5) is 0 Å². The van der Waals surface area contributed by atoms with Crippen LogP contribution in [-0.4, -0.2) is 73.4 Å². The topological polar surface area (TPSA) is 71.6 Å². The number of nitrogens with zero attached hydrogens (tertiary/aromatic N) is 7. The molecule has 0 saturated carbocycles. The maximum Gasteiger partial charge on any atom is 0.274 e. The molecule has 1 aliphatic heterocycles. The summed E-state index contributed by atoms with van der Waals surface area (Å²) in [7, 11) is 4.18. The van der Waals surface area contributed by atoms with E-state index in [2.05, 4.69) is 44.7 Å². The number of fused-ring (bicyclic) bond motifs is 1. The Morgan fingerprint density at radius 3 is 2.96 bits per heavy atom. The van der Waals surface area contributed by atoms with Gasteiger partial charge in [0.1, 0.15) is 11.5 Å². The van der Waals surface area contributed by atoms with Gasteiger partial charge in [-0.1, -0.05) is 0 Å². The van der Waals surface area contributed by atoms with Crippen LogP contribution in [0, 0.1) is 0 Å². The summed E-state index contributed by atoms with van der Waals surface area (Å²) in [5, 5.41) is 0. The van der Waals surface area contributed by atoms with Crippen LogP contribution in [0.15, 0.2) is 37.1 Å². The van der Waals surface area contributed by atoms with Crippen LogP contribution in [0.5, 0.6) is 0 Å². The number of carbonyl (C=O) groups is 1. The van der Waals surface area contributed by atoms with Crippen molar-refractivity contribution in [1.82, 2.24) is 33.7 Å². The average molecular weight is 381 g/mol. The minimum atomic E-state index is -0.0269. The first-order valence-corrected chi connectivity index (χ1v) is 9.86. The number of amides is 1. The van der Waals surface area contributed by atoms with Crippen LogP contribution in [0.3, 0.4) is 0 Å². The zero-order valence-electron chi connectivity index (χ0n) is 16.5. The molecular formula is C20H27N7O. The monoisotopic (exact) mass is 381 g/mol. The van der Waals surface area contributed by atoms with Crippen molar-refractivity contribution in [2.24, 2.45) is 0 Å². The summed E-state index contributed by atoms with van der Waals surface area (Å²) >= 11 is 0. The van der Waals surface area contributed by atoms with E-state index in [1.165, 1.54) is 0 Å². The highest BCUT2D eigenvalue weighted by molar-refractivity contribution is 5.92. The van der Waals surface area contributed by atoms with E-state index in [1.807, 2.05) is 23.4 Å². The molecule has 148 valence electrons. The lowest BCUT2D eigenvalue weighted by atomic mass is 9.96. The lowest BCUT2D eigenvalue weighted by Gasteiger charge is -2.32. The van der Waals surface area contributed by atoms with Crippen LogP contribution in [0.1, 0.15) is 41.5 Å². The summed E-state index contributed by atoms with van der Waals surface area (Å²) in [5.74, 6) is 1.88. The summed E-state index contributed by atoms with van der Waals surface area (Å²) in [6.45, 7) is 3.45. The van der Waals surface area contributed by atoms with Crippen molar-refractivity contribution in [3.05, 3.63) is 48.6 Å². The molecular weight excluding hydrogens is 354 g/mol. The predicted octanol–water partition coefficient (Wildman–Crippen LogP) is 1.90. The Morgan fingerprint density at radius 1 is 1.25 bits per heavy atom. The lowest BCUT2D eigenvalue weighted by molar-refractivity contribution is 0.0698. The first kappa shape index (κ1) is 18.6. The number of aromatic nitrogens is 5. The zero-order chi connectivity index (χ0) is 19.5. The first-order valence-electron chi connectivity index (χ1n) is 9.86. The molecule has 1 aliphatic rings. The van der Waals surface area contributed by atoms with Crippen molar-refractivity contribution in [3.8, 4) is 0 Å². The molecule has 8 heteroatoms. The van der Waals surface area contributed by atoms with Gasteiger partial charge in [-0.2, -0.15) is 0 Å². The van der Waals surface area contributed by atoms with Crippen LogP contribution in [0.25, 0.3) is 5.78 Å². The number of hydrogen-bond donors (Lipinski definition) is 0. The Balaban J connectivity index is 1.46. The van der Waals surface area contributed by atoms with Crippen LogP contribution < -0.4 is 0 Å². The van der Waals surface area contributed by atoms with E-state index in [-0.39, 0.29) is 11.8 Å². The molecule has 4 rings (SSSR count). The van der Waals surface area contributed by atoms with Gasteiger partial charge in [-0.25, -0.2) is 15.0 Å². The second kappa shape index (κ2) is 8.10. The Labute approximate surface area is 164 Å². The Kier molecular flexibility index (Phi) is 5.38. The molecule has 1 saturated heterocycles. The number of hydrogen-bond acceptors (Lipinski definition) is 5. The average Bonchev–Trinajstić information content (AvgIpc) is 3.34. The van der Waals surface area contributed by atoms with Gasteiger partial charge in [-0.3, -0.25) is 9.20 Å². The normalized spacial score (nSPS) is 17.5. The molecule has 1 amide bonds. The van der Waals surface area contributed by atoms with Gasteiger partial charge in [0.15, 0.2) is 0 Å². The summed E-state index contributed by atoms with van der Waals surface area (Å²) < 4.78 is 4.03. The molecule has 0 aliphatic carbocycles. The van der Waals surface area contributed by atoms with E-state index < -0.39 is 0 Å². The lowest BCUT2D eigenvalue weighted by Crippen LogP contribution is -2.40. The van der Waals surface area contributed by atoms with E-state index >= 15 is 0 Å². The highest BCUT2D eigenvalue weighted by Crippen LogP contribution is 2.27. The molecule has 4 heterocycles. The molecule has 0 radical (unpaired) electrons. The molecule has 0 bridgehead atoms. The van der Waals surface area contributed by atoms with Crippen molar-refractivity contribution in [2.75, 3.05) is 33.7 Å². The summed E-state index contributed by atoms with van der Waals surface area (Å²) in [5.41, 5.74) is 0.452. The van der Waals surface area contributed by atoms with Crippen LogP contribution in [-0.2, 0) is 6.54 Å². The number of piperidine rings is 1. The van der Waals surface area contributed by atoms with Crippen LogP contribution >= 0.6 is 0 Å². The Bertz CT molecular complexity index is 912. The van der Waals surface area contributed by atoms with Gasteiger partial charge in [0, 0.05) is 56.5 Å². The second-order valence-corrected chi connectivity index (χ2v) is 7.68. The van der Waals surface area contributed by atoms with E-state index in [4.69, 9.17) is 0 Å². The largest absolute Gasteiger partial charge is 0.337 e. The molecule has 8 nitrogen and oxygen atoms in total. The Morgan fingerprint density at radius 2 is 2.14 bits per heavy atom. The van der Waals surface area contributed by atoms with E-state index in [0.29, 0.717) is 18.0 Å². The van der Waals surface area contributed by atoms with Gasteiger partial charge in [-0.15, -0.1) is 0 Å². The molecule has 3 aromatic heterocycles. The van der Waals surface area contributed by atoms with Crippen molar-refractivity contribution < 1.29 is 4.79 Å². The van der Waals surface area contributed by atoms with Gasteiger partial charge in [-0.05, 0) is 46.0 Å². The second-order valence-electron chi connectivity index (χ2n) is 7.68. The number of likely N-dealkylation sites (tertiary alicyclic amines) is 1. The van der Waals surface area contributed by atoms with Crippen molar-refractivity contribution in [1.29, 1.82) is 0 Å².